The maximum absolute atomic E-state index is 13.2. The summed E-state index contributed by atoms with van der Waals surface area (Å²) >= 11 is 1.51. The van der Waals surface area contributed by atoms with Gasteiger partial charge in [0.15, 0.2) is 0 Å². The molecular weight excluding hydrogens is 438 g/mol. The highest BCUT2D eigenvalue weighted by Gasteiger charge is 2.46. The molecule has 10 nitrogen and oxygen atoms in total. The van der Waals surface area contributed by atoms with Crippen molar-refractivity contribution in [2.24, 2.45) is 0 Å². The van der Waals surface area contributed by atoms with Crippen molar-refractivity contribution in [1.82, 2.24) is 15.5 Å². The fourth-order valence-electron chi connectivity index (χ4n) is 4.07. The molecule has 0 spiro atoms. The molecule has 0 saturated carbocycles. The summed E-state index contributed by atoms with van der Waals surface area (Å²) in [6.07, 6.45) is -0.354. The Morgan fingerprint density at radius 2 is 1.97 bits per heavy atom. The fraction of sp³-hybridized carbons (Fsp3) is 0.524. The van der Waals surface area contributed by atoms with Crippen LogP contribution in [0, 0.1) is 0 Å². The zero-order chi connectivity index (χ0) is 22.7. The normalized spacial score (nSPS) is 29.7. The fourth-order valence-corrected chi connectivity index (χ4v) is 5.53. The summed E-state index contributed by atoms with van der Waals surface area (Å²) in [5, 5.41) is 14.8. The summed E-state index contributed by atoms with van der Waals surface area (Å²) in [6, 6.07) is 6.81. The summed E-state index contributed by atoms with van der Waals surface area (Å²) in [6.45, 7) is 0.0886. The summed E-state index contributed by atoms with van der Waals surface area (Å²) in [5.41, 5.74) is 0.833. The van der Waals surface area contributed by atoms with Crippen LogP contribution < -0.4 is 10.6 Å². The molecule has 3 fully saturated rings. The second-order valence-corrected chi connectivity index (χ2v) is 9.15. The number of aliphatic hydroxyl groups is 1. The molecule has 3 aliphatic rings. The lowest BCUT2D eigenvalue weighted by molar-refractivity contribution is -0.155. The highest BCUT2D eigenvalue weighted by atomic mass is 32.2. The molecule has 11 heteroatoms. The molecule has 4 rings (SSSR count). The minimum atomic E-state index is -1.40. The van der Waals surface area contributed by atoms with Gasteiger partial charge in [0.25, 0.3) is 0 Å². The Morgan fingerprint density at radius 3 is 2.69 bits per heavy atom. The van der Waals surface area contributed by atoms with Gasteiger partial charge in [-0.05, 0) is 24.8 Å². The van der Waals surface area contributed by atoms with Crippen LogP contribution in [0.15, 0.2) is 30.3 Å². The molecule has 1 unspecified atom stereocenters. The Labute approximate surface area is 189 Å². The van der Waals surface area contributed by atoms with E-state index in [1.807, 2.05) is 30.3 Å². The largest absolute Gasteiger partial charge is 0.445 e. The Balaban J connectivity index is 1.37. The van der Waals surface area contributed by atoms with E-state index < -0.39 is 42.4 Å². The van der Waals surface area contributed by atoms with Crippen LogP contribution in [0.5, 0.6) is 0 Å². The van der Waals surface area contributed by atoms with Crippen molar-refractivity contribution in [3.05, 3.63) is 35.9 Å². The van der Waals surface area contributed by atoms with Crippen LogP contribution in [0.25, 0.3) is 0 Å². The number of fused-ring (bicyclic) bond motifs is 1. The van der Waals surface area contributed by atoms with Gasteiger partial charge in [0.1, 0.15) is 24.7 Å². The van der Waals surface area contributed by atoms with Crippen molar-refractivity contribution in [2.45, 2.75) is 62.1 Å². The van der Waals surface area contributed by atoms with Gasteiger partial charge in [0, 0.05) is 5.75 Å². The second-order valence-electron chi connectivity index (χ2n) is 7.94. The summed E-state index contributed by atoms with van der Waals surface area (Å²) in [4.78, 5) is 51.2. The van der Waals surface area contributed by atoms with E-state index in [0.29, 0.717) is 25.0 Å². The van der Waals surface area contributed by atoms with Crippen molar-refractivity contribution in [3.63, 3.8) is 0 Å². The molecule has 1 aromatic rings. The molecule has 32 heavy (non-hydrogen) atoms. The number of hydrogen-bond acceptors (Lipinski definition) is 8. The molecular formula is C21H25N3O7S. The maximum Gasteiger partial charge on any atom is 0.408 e. The standard InChI is InChI=1S/C21H25N3O7S/c25-17-9-14(20(28)31-17)22-18(26)15-11-32-16-8-4-7-13(19(27)24(15)16)23-21(29)30-10-12-5-2-1-3-6-12/h1-3,5-6,13-16,20,28H,4,7-11H2,(H,22,26)(H,23,29)/t13-,14-,15-,16+,20?/m0/s1. The van der Waals surface area contributed by atoms with Gasteiger partial charge in [-0.15, -0.1) is 11.8 Å². The molecule has 0 radical (unpaired) electrons. The van der Waals surface area contributed by atoms with Gasteiger partial charge < -0.3 is 30.1 Å². The summed E-state index contributed by atoms with van der Waals surface area (Å²) in [5.74, 6) is -0.993. The lowest BCUT2D eigenvalue weighted by atomic mass is 10.1. The van der Waals surface area contributed by atoms with Gasteiger partial charge in [-0.25, -0.2) is 4.79 Å². The first kappa shape index (κ1) is 22.4. The summed E-state index contributed by atoms with van der Waals surface area (Å²) in [7, 11) is 0. The van der Waals surface area contributed by atoms with Crippen LogP contribution in [0.2, 0.25) is 0 Å². The third-order valence-electron chi connectivity index (χ3n) is 5.71. The highest BCUT2D eigenvalue weighted by Crippen LogP contribution is 2.36. The Hall–Kier alpha value is -2.79. The molecule has 0 aromatic heterocycles. The van der Waals surface area contributed by atoms with Crippen LogP contribution in [0.4, 0.5) is 4.79 Å². The number of thioether (sulfide) groups is 1. The number of nitrogens with one attached hydrogen (secondary N) is 2. The predicted molar refractivity (Wildman–Crippen MR) is 113 cm³/mol. The van der Waals surface area contributed by atoms with E-state index in [9.17, 15) is 24.3 Å². The van der Waals surface area contributed by atoms with Crippen molar-refractivity contribution in [1.29, 1.82) is 0 Å². The van der Waals surface area contributed by atoms with Crippen molar-refractivity contribution in [3.8, 4) is 0 Å². The Bertz CT molecular complexity index is 883. The predicted octanol–water partition coefficient (Wildman–Crippen LogP) is 0.485. The highest BCUT2D eigenvalue weighted by molar-refractivity contribution is 8.00. The topological polar surface area (TPSA) is 134 Å². The Kier molecular flexibility index (Phi) is 6.85. The number of benzene rings is 1. The summed E-state index contributed by atoms with van der Waals surface area (Å²) < 4.78 is 9.89. The van der Waals surface area contributed by atoms with Crippen LogP contribution in [-0.2, 0) is 30.5 Å². The van der Waals surface area contributed by atoms with E-state index in [1.165, 1.54) is 16.7 Å². The van der Waals surface area contributed by atoms with E-state index in [2.05, 4.69) is 15.4 Å². The second kappa shape index (κ2) is 9.78. The average Bonchev–Trinajstić information content (AvgIpc) is 3.29. The van der Waals surface area contributed by atoms with Crippen LogP contribution in [0.1, 0.15) is 31.2 Å². The molecule has 3 aliphatic heterocycles. The van der Waals surface area contributed by atoms with Crippen molar-refractivity contribution < 1.29 is 33.8 Å². The zero-order valence-corrected chi connectivity index (χ0v) is 18.1. The van der Waals surface area contributed by atoms with E-state index in [4.69, 9.17) is 4.74 Å². The number of carbonyl (C=O) groups is 4. The van der Waals surface area contributed by atoms with Crippen LogP contribution in [0.3, 0.4) is 0 Å². The maximum atomic E-state index is 13.2. The lowest BCUT2D eigenvalue weighted by Crippen LogP contribution is -2.56. The van der Waals surface area contributed by atoms with Gasteiger partial charge in [-0.1, -0.05) is 30.3 Å². The first-order valence-electron chi connectivity index (χ1n) is 10.5. The Morgan fingerprint density at radius 1 is 1.19 bits per heavy atom. The van der Waals surface area contributed by atoms with E-state index in [0.717, 1.165) is 5.56 Å². The number of nitrogens with zero attached hydrogens (tertiary/aromatic N) is 1. The third-order valence-corrected chi connectivity index (χ3v) is 7.06. The van der Waals surface area contributed by atoms with Crippen LogP contribution in [-0.4, -0.2) is 69.4 Å². The monoisotopic (exact) mass is 463 g/mol. The number of hydrogen-bond donors (Lipinski definition) is 3. The van der Waals surface area contributed by atoms with Gasteiger partial charge in [0.05, 0.1) is 11.8 Å². The lowest BCUT2D eigenvalue weighted by Gasteiger charge is -2.30. The minimum absolute atomic E-state index is 0.0886. The molecule has 3 heterocycles. The van der Waals surface area contributed by atoms with Gasteiger partial charge >= 0.3 is 12.1 Å². The van der Waals surface area contributed by atoms with E-state index in [1.54, 1.807) is 0 Å². The average molecular weight is 464 g/mol. The molecule has 0 bridgehead atoms. The molecule has 172 valence electrons. The van der Waals surface area contributed by atoms with Crippen molar-refractivity contribution >= 4 is 35.6 Å². The van der Waals surface area contributed by atoms with Crippen molar-refractivity contribution in [2.75, 3.05) is 5.75 Å². The zero-order valence-electron chi connectivity index (χ0n) is 17.3. The van der Waals surface area contributed by atoms with E-state index in [-0.39, 0.29) is 24.3 Å². The number of aliphatic hydroxyl groups excluding tert-OH is 1. The van der Waals surface area contributed by atoms with Gasteiger partial charge in [-0.3, -0.25) is 14.4 Å². The smallest absolute Gasteiger partial charge is 0.408 e. The number of cyclic esters (lactones) is 1. The molecule has 3 N–H and O–H groups in total. The number of esters is 1. The van der Waals surface area contributed by atoms with Crippen LogP contribution >= 0.6 is 11.8 Å². The van der Waals surface area contributed by atoms with E-state index >= 15 is 0 Å². The quantitative estimate of drug-likeness (QED) is 0.537. The third kappa shape index (κ3) is 4.99. The molecule has 1 aromatic carbocycles. The number of alkyl carbamates (subject to hydrolysis) is 1. The molecule has 0 aliphatic carbocycles. The SMILES string of the molecule is O=C1C[C@H](NC(=O)[C@@H]2CS[C@@H]3CCC[C@H](NC(=O)OCc4ccccc4)C(=O)N32)C(O)O1. The first-order valence-corrected chi connectivity index (χ1v) is 11.6. The van der Waals surface area contributed by atoms with Gasteiger partial charge in [-0.2, -0.15) is 0 Å². The number of rotatable bonds is 5. The van der Waals surface area contributed by atoms with Gasteiger partial charge in [0.2, 0.25) is 18.1 Å². The molecule has 3 saturated heterocycles. The number of ether oxygens (including phenoxy) is 2. The number of carbonyl (C=O) groups excluding carboxylic acids is 4. The number of amides is 3. The molecule has 3 amide bonds. The first-order chi connectivity index (χ1) is 15.4. The minimum Gasteiger partial charge on any atom is -0.445 e. The molecule has 5 atom stereocenters.